The summed E-state index contributed by atoms with van der Waals surface area (Å²) in [6.07, 6.45) is 8.32. The smallest absolute Gasteiger partial charge is 0.282 e. The van der Waals surface area contributed by atoms with Crippen molar-refractivity contribution in [2.24, 2.45) is 5.10 Å². The van der Waals surface area contributed by atoms with Gasteiger partial charge in [-0.25, -0.2) is 4.98 Å². The van der Waals surface area contributed by atoms with Gasteiger partial charge in [0.2, 0.25) is 0 Å². The van der Waals surface area contributed by atoms with Crippen molar-refractivity contribution >= 4 is 49.0 Å². The molecule has 0 bridgehead atoms. The van der Waals surface area contributed by atoms with Crippen LogP contribution in [0.4, 0.5) is 0 Å². The van der Waals surface area contributed by atoms with Gasteiger partial charge in [-0.2, -0.15) is 9.78 Å². The fourth-order valence-corrected chi connectivity index (χ4v) is 3.83. The highest BCUT2D eigenvalue weighted by atomic mass is 79.9. The summed E-state index contributed by atoms with van der Waals surface area (Å²) in [5.41, 5.74) is 1.15. The van der Waals surface area contributed by atoms with Crippen LogP contribution >= 0.6 is 31.9 Å². The second kappa shape index (κ2) is 9.92. The third-order valence-electron chi connectivity index (χ3n) is 4.22. The summed E-state index contributed by atoms with van der Waals surface area (Å²) in [5.74, 6) is 4.04. The standard InChI is InChI=1S/C22H19Br2N3O3/c1-4-6-20-26-18-8-7-15(23)12-16(18)22(28)27(20)25-13-14-10-17(24)21(30-9-5-2)19(11-14)29-3/h2,7-8,10-13H,4,6,9H2,1,3H3. The van der Waals surface area contributed by atoms with E-state index in [2.05, 4.69) is 47.9 Å². The molecule has 154 valence electrons. The van der Waals surface area contributed by atoms with Crippen molar-refractivity contribution in [1.82, 2.24) is 9.66 Å². The predicted octanol–water partition coefficient (Wildman–Crippen LogP) is 4.78. The van der Waals surface area contributed by atoms with Gasteiger partial charge in [0.15, 0.2) is 11.5 Å². The Labute approximate surface area is 191 Å². The van der Waals surface area contributed by atoms with Crippen molar-refractivity contribution in [2.45, 2.75) is 19.8 Å². The van der Waals surface area contributed by atoms with Crippen molar-refractivity contribution in [3.05, 3.63) is 61.0 Å². The van der Waals surface area contributed by atoms with Crippen molar-refractivity contribution in [3.63, 3.8) is 0 Å². The van der Waals surface area contributed by atoms with Crippen LogP contribution in [0.5, 0.6) is 11.5 Å². The Balaban J connectivity index is 2.08. The van der Waals surface area contributed by atoms with Gasteiger partial charge in [0.1, 0.15) is 12.4 Å². The van der Waals surface area contributed by atoms with Crippen LogP contribution in [0.1, 0.15) is 24.7 Å². The van der Waals surface area contributed by atoms with Crippen molar-refractivity contribution in [1.29, 1.82) is 0 Å². The summed E-state index contributed by atoms with van der Waals surface area (Å²) in [7, 11) is 1.54. The van der Waals surface area contributed by atoms with E-state index in [1.807, 2.05) is 25.1 Å². The van der Waals surface area contributed by atoms with E-state index in [-0.39, 0.29) is 12.2 Å². The molecule has 0 unspecified atom stereocenters. The number of hydrogen-bond acceptors (Lipinski definition) is 5. The van der Waals surface area contributed by atoms with E-state index in [0.717, 1.165) is 16.5 Å². The molecule has 0 aliphatic rings. The number of aryl methyl sites for hydroxylation is 1. The first-order valence-corrected chi connectivity index (χ1v) is 10.8. The number of aromatic nitrogens is 2. The molecule has 0 fully saturated rings. The average molecular weight is 533 g/mol. The molecule has 0 radical (unpaired) electrons. The van der Waals surface area contributed by atoms with Gasteiger partial charge in [-0.1, -0.05) is 28.8 Å². The molecule has 1 heterocycles. The topological polar surface area (TPSA) is 65.7 Å². The van der Waals surface area contributed by atoms with Crippen LogP contribution in [0.2, 0.25) is 0 Å². The lowest BCUT2D eigenvalue weighted by Gasteiger charge is -2.12. The third-order valence-corrected chi connectivity index (χ3v) is 5.31. The van der Waals surface area contributed by atoms with E-state index in [0.29, 0.717) is 39.1 Å². The molecule has 0 saturated carbocycles. The summed E-state index contributed by atoms with van der Waals surface area (Å²) in [5, 5.41) is 4.93. The summed E-state index contributed by atoms with van der Waals surface area (Å²) in [6.45, 7) is 2.15. The van der Waals surface area contributed by atoms with Crippen LogP contribution in [-0.4, -0.2) is 29.6 Å². The second-order valence-corrected chi connectivity index (χ2v) is 8.10. The van der Waals surface area contributed by atoms with E-state index >= 15 is 0 Å². The van der Waals surface area contributed by atoms with Gasteiger partial charge in [-0.15, -0.1) is 6.42 Å². The van der Waals surface area contributed by atoms with Crippen LogP contribution in [0, 0.1) is 12.3 Å². The number of terminal acetylenes is 1. The third kappa shape index (κ3) is 4.74. The van der Waals surface area contributed by atoms with Gasteiger partial charge in [-0.05, 0) is 58.2 Å². The van der Waals surface area contributed by atoms with Crippen LogP contribution < -0.4 is 15.0 Å². The Morgan fingerprint density at radius 2 is 2.10 bits per heavy atom. The van der Waals surface area contributed by atoms with Gasteiger partial charge in [0, 0.05) is 10.9 Å². The largest absolute Gasteiger partial charge is 0.493 e. The molecule has 1 aromatic heterocycles. The van der Waals surface area contributed by atoms with Crippen LogP contribution in [-0.2, 0) is 6.42 Å². The summed E-state index contributed by atoms with van der Waals surface area (Å²) in [6, 6.07) is 9.02. The Kier molecular flexibility index (Phi) is 7.29. The molecule has 0 spiro atoms. The Hall–Kier alpha value is -2.63. The number of ether oxygens (including phenoxy) is 2. The fourth-order valence-electron chi connectivity index (χ4n) is 2.89. The molecule has 2 aromatic carbocycles. The summed E-state index contributed by atoms with van der Waals surface area (Å²) in [4.78, 5) is 17.7. The lowest BCUT2D eigenvalue weighted by Crippen LogP contribution is -2.22. The average Bonchev–Trinajstić information content (AvgIpc) is 2.73. The molecule has 0 atom stereocenters. The molecule has 0 amide bonds. The number of benzene rings is 2. The quantitative estimate of drug-likeness (QED) is 0.324. The zero-order valence-electron chi connectivity index (χ0n) is 16.5. The molecule has 0 aliphatic heterocycles. The van der Waals surface area contributed by atoms with Gasteiger partial charge in [-0.3, -0.25) is 4.79 Å². The van der Waals surface area contributed by atoms with E-state index in [9.17, 15) is 4.79 Å². The number of rotatable bonds is 7. The molecule has 3 aromatic rings. The zero-order valence-corrected chi connectivity index (χ0v) is 19.7. The van der Waals surface area contributed by atoms with Crippen LogP contribution in [0.3, 0.4) is 0 Å². The number of hydrogen-bond donors (Lipinski definition) is 0. The van der Waals surface area contributed by atoms with Crippen molar-refractivity contribution < 1.29 is 9.47 Å². The Morgan fingerprint density at radius 3 is 2.80 bits per heavy atom. The highest BCUT2D eigenvalue weighted by molar-refractivity contribution is 9.10. The van der Waals surface area contributed by atoms with E-state index < -0.39 is 0 Å². The first-order chi connectivity index (χ1) is 14.5. The fraction of sp³-hybridized carbons (Fsp3) is 0.227. The Bertz CT molecular complexity index is 1210. The number of nitrogens with zero attached hydrogens (tertiary/aromatic N) is 3. The minimum absolute atomic E-state index is 0.122. The molecule has 6 nitrogen and oxygen atoms in total. The zero-order chi connectivity index (χ0) is 21.7. The van der Waals surface area contributed by atoms with Gasteiger partial charge in [0.25, 0.3) is 5.56 Å². The van der Waals surface area contributed by atoms with E-state index in [1.54, 1.807) is 25.5 Å². The summed E-state index contributed by atoms with van der Waals surface area (Å²) >= 11 is 6.88. The van der Waals surface area contributed by atoms with Crippen molar-refractivity contribution in [3.8, 4) is 23.8 Å². The lowest BCUT2D eigenvalue weighted by molar-refractivity contribution is 0.329. The number of halogens is 2. The van der Waals surface area contributed by atoms with Crippen LogP contribution in [0.15, 0.2) is 49.2 Å². The molecular formula is C22H19Br2N3O3. The number of fused-ring (bicyclic) bond motifs is 1. The molecule has 0 saturated heterocycles. The SMILES string of the molecule is C#CCOc1c(Br)cc(C=Nn2c(CCC)nc3ccc(Br)cc3c2=O)cc1OC. The normalized spacial score (nSPS) is 11.0. The van der Waals surface area contributed by atoms with Crippen LogP contribution in [0.25, 0.3) is 10.9 Å². The summed E-state index contributed by atoms with van der Waals surface area (Å²) < 4.78 is 13.8. The lowest BCUT2D eigenvalue weighted by atomic mass is 10.2. The van der Waals surface area contributed by atoms with E-state index in [1.165, 1.54) is 4.68 Å². The number of methoxy groups -OCH3 is 1. The maximum atomic E-state index is 13.1. The maximum absolute atomic E-state index is 13.1. The molecule has 30 heavy (non-hydrogen) atoms. The molecule has 0 aliphatic carbocycles. The van der Waals surface area contributed by atoms with E-state index in [4.69, 9.17) is 15.9 Å². The van der Waals surface area contributed by atoms with Gasteiger partial charge < -0.3 is 9.47 Å². The monoisotopic (exact) mass is 531 g/mol. The first-order valence-electron chi connectivity index (χ1n) is 9.17. The molecular weight excluding hydrogens is 514 g/mol. The molecule has 0 N–H and O–H groups in total. The van der Waals surface area contributed by atoms with Gasteiger partial charge >= 0.3 is 0 Å². The molecule has 8 heteroatoms. The minimum atomic E-state index is -0.221. The first kappa shape index (κ1) is 22.1. The molecule has 3 rings (SSSR count). The second-order valence-electron chi connectivity index (χ2n) is 6.33. The minimum Gasteiger partial charge on any atom is -0.493 e. The highest BCUT2D eigenvalue weighted by Gasteiger charge is 2.13. The van der Waals surface area contributed by atoms with Crippen molar-refractivity contribution in [2.75, 3.05) is 13.7 Å². The maximum Gasteiger partial charge on any atom is 0.282 e. The highest BCUT2D eigenvalue weighted by Crippen LogP contribution is 2.36. The van der Waals surface area contributed by atoms with Gasteiger partial charge in [0.05, 0.1) is 28.7 Å². The predicted molar refractivity (Wildman–Crippen MR) is 126 cm³/mol. The Morgan fingerprint density at radius 1 is 1.30 bits per heavy atom.